The van der Waals surface area contributed by atoms with Crippen LogP contribution in [0.25, 0.3) is 0 Å². The molecule has 3 rings (SSSR count). The predicted octanol–water partition coefficient (Wildman–Crippen LogP) is 3.09. The number of rotatable bonds is 4. The molecule has 2 N–H and O–H groups in total. The SMILES string of the molecule is CC(C(N)Cc1ccc2c(c1)CCC2)C1CC1. The Morgan fingerprint density at radius 1 is 1.24 bits per heavy atom. The Balaban J connectivity index is 1.68. The first-order valence-corrected chi connectivity index (χ1v) is 7.10. The minimum Gasteiger partial charge on any atom is -0.327 e. The van der Waals surface area contributed by atoms with E-state index in [0.29, 0.717) is 12.0 Å². The number of aryl methyl sites for hydroxylation is 2. The highest BCUT2D eigenvalue weighted by molar-refractivity contribution is 5.35. The minimum absolute atomic E-state index is 0.349. The Hall–Kier alpha value is -0.820. The minimum atomic E-state index is 0.349. The summed E-state index contributed by atoms with van der Waals surface area (Å²) in [5, 5.41) is 0. The van der Waals surface area contributed by atoms with E-state index in [9.17, 15) is 0 Å². The molecule has 92 valence electrons. The molecule has 2 aliphatic rings. The van der Waals surface area contributed by atoms with E-state index in [1.165, 1.54) is 37.7 Å². The van der Waals surface area contributed by atoms with Crippen molar-refractivity contribution in [2.75, 3.05) is 0 Å². The van der Waals surface area contributed by atoms with Gasteiger partial charge in [0.15, 0.2) is 0 Å². The Morgan fingerprint density at radius 3 is 2.76 bits per heavy atom. The van der Waals surface area contributed by atoms with Gasteiger partial charge in [-0.1, -0.05) is 25.1 Å². The average Bonchev–Trinajstić information content (AvgIpc) is 3.07. The van der Waals surface area contributed by atoms with Gasteiger partial charge in [-0.25, -0.2) is 0 Å². The summed E-state index contributed by atoms with van der Waals surface area (Å²) in [6, 6.07) is 7.37. The lowest BCUT2D eigenvalue weighted by molar-refractivity contribution is 0.404. The van der Waals surface area contributed by atoms with Crippen molar-refractivity contribution in [3.63, 3.8) is 0 Å². The molecule has 0 aliphatic heterocycles. The van der Waals surface area contributed by atoms with Crippen LogP contribution >= 0.6 is 0 Å². The maximum atomic E-state index is 6.34. The van der Waals surface area contributed by atoms with Gasteiger partial charge < -0.3 is 5.73 Å². The van der Waals surface area contributed by atoms with Crippen LogP contribution in [0.4, 0.5) is 0 Å². The number of nitrogens with two attached hydrogens (primary N) is 1. The fourth-order valence-corrected chi connectivity index (χ4v) is 3.18. The van der Waals surface area contributed by atoms with Crippen molar-refractivity contribution < 1.29 is 0 Å². The molecule has 1 aromatic carbocycles. The van der Waals surface area contributed by atoms with Crippen LogP contribution in [0.15, 0.2) is 18.2 Å². The third-order valence-electron chi connectivity index (χ3n) is 4.68. The van der Waals surface area contributed by atoms with Crippen molar-refractivity contribution in [1.82, 2.24) is 0 Å². The molecule has 0 radical (unpaired) electrons. The second-order valence-electron chi connectivity index (χ2n) is 6.02. The molecule has 1 aromatic rings. The maximum absolute atomic E-state index is 6.34. The molecule has 1 heteroatoms. The normalized spacial score (nSPS) is 22.2. The fraction of sp³-hybridized carbons (Fsp3) is 0.625. The molecule has 2 unspecified atom stereocenters. The lowest BCUT2D eigenvalue weighted by Gasteiger charge is -2.19. The third kappa shape index (κ3) is 2.40. The van der Waals surface area contributed by atoms with Gasteiger partial charge in [-0.05, 0) is 67.1 Å². The monoisotopic (exact) mass is 229 g/mol. The van der Waals surface area contributed by atoms with Gasteiger partial charge in [-0.3, -0.25) is 0 Å². The molecule has 0 aromatic heterocycles. The van der Waals surface area contributed by atoms with Crippen molar-refractivity contribution >= 4 is 0 Å². The zero-order valence-electron chi connectivity index (χ0n) is 10.8. The molecule has 0 saturated heterocycles. The van der Waals surface area contributed by atoms with Gasteiger partial charge in [0.1, 0.15) is 0 Å². The maximum Gasteiger partial charge on any atom is 0.0108 e. The van der Waals surface area contributed by atoms with Gasteiger partial charge in [0, 0.05) is 6.04 Å². The third-order valence-corrected chi connectivity index (χ3v) is 4.68. The summed E-state index contributed by atoms with van der Waals surface area (Å²) in [5.41, 5.74) is 10.9. The molecular weight excluding hydrogens is 206 g/mol. The highest BCUT2D eigenvalue weighted by Gasteiger charge is 2.31. The summed E-state index contributed by atoms with van der Waals surface area (Å²) in [5.74, 6) is 1.61. The van der Waals surface area contributed by atoms with Gasteiger partial charge >= 0.3 is 0 Å². The van der Waals surface area contributed by atoms with Gasteiger partial charge in [-0.2, -0.15) is 0 Å². The number of benzene rings is 1. The van der Waals surface area contributed by atoms with Crippen LogP contribution in [0.2, 0.25) is 0 Å². The average molecular weight is 229 g/mol. The lowest BCUT2D eigenvalue weighted by atomic mass is 9.91. The second-order valence-corrected chi connectivity index (χ2v) is 6.02. The summed E-state index contributed by atoms with van der Waals surface area (Å²) in [7, 11) is 0. The van der Waals surface area contributed by atoms with Gasteiger partial charge in [-0.15, -0.1) is 0 Å². The molecule has 0 bridgehead atoms. The summed E-state index contributed by atoms with van der Waals surface area (Å²) in [4.78, 5) is 0. The zero-order valence-corrected chi connectivity index (χ0v) is 10.8. The molecule has 1 fully saturated rings. The quantitative estimate of drug-likeness (QED) is 0.843. The largest absolute Gasteiger partial charge is 0.327 e. The van der Waals surface area contributed by atoms with Crippen molar-refractivity contribution in [1.29, 1.82) is 0 Å². The first-order chi connectivity index (χ1) is 8.24. The first-order valence-electron chi connectivity index (χ1n) is 7.10. The van der Waals surface area contributed by atoms with Crippen molar-refractivity contribution in [2.45, 2.75) is 51.5 Å². The van der Waals surface area contributed by atoms with Crippen LogP contribution in [-0.2, 0) is 19.3 Å². The molecule has 2 aliphatic carbocycles. The molecular formula is C16H23N. The fourth-order valence-electron chi connectivity index (χ4n) is 3.18. The van der Waals surface area contributed by atoms with Crippen LogP contribution in [0.1, 0.15) is 42.9 Å². The molecule has 0 spiro atoms. The Labute approximate surface area is 104 Å². The van der Waals surface area contributed by atoms with E-state index in [-0.39, 0.29) is 0 Å². The van der Waals surface area contributed by atoms with Crippen molar-refractivity contribution in [3.8, 4) is 0 Å². The highest BCUT2D eigenvalue weighted by atomic mass is 14.7. The summed E-state index contributed by atoms with van der Waals surface area (Å²) < 4.78 is 0. The summed E-state index contributed by atoms with van der Waals surface area (Å²) in [6.07, 6.45) is 7.75. The standard InChI is InChI=1S/C16H23N/c1-11(13-7-8-13)16(17)10-12-5-6-14-3-2-4-15(14)9-12/h5-6,9,11,13,16H,2-4,7-8,10,17H2,1H3. The highest BCUT2D eigenvalue weighted by Crippen LogP contribution is 2.38. The number of hydrogen-bond acceptors (Lipinski definition) is 1. The van der Waals surface area contributed by atoms with E-state index in [0.717, 1.165) is 12.3 Å². The molecule has 0 heterocycles. The zero-order chi connectivity index (χ0) is 11.8. The van der Waals surface area contributed by atoms with E-state index in [2.05, 4.69) is 25.1 Å². The molecule has 0 amide bonds. The van der Waals surface area contributed by atoms with Gasteiger partial charge in [0.2, 0.25) is 0 Å². The molecule has 2 atom stereocenters. The lowest BCUT2D eigenvalue weighted by Crippen LogP contribution is -2.31. The summed E-state index contributed by atoms with van der Waals surface area (Å²) in [6.45, 7) is 2.33. The van der Waals surface area contributed by atoms with E-state index < -0.39 is 0 Å². The van der Waals surface area contributed by atoms with Crippen LogP contribution in [-0.4, -0.2) is 6.04 Å². The first kappa shape index (κ1) is 11.3. The topological polar surface area (TPSA) is 26.0 Å². The number of fused-ring (bicyclic) bond motifs is 1. The second kappa shape index (κ2) is 4.45. The number of hydrogen-bond donors (Lipinski definition) is 1. The van der Waals surface area contributed by atoms with Crippen molar-refractivity contribution in [2.24, 2.45) is 17.6 Å². The molecule has 17 heavy (non-hydrogen) atoms. The Morgan fingerprint density at radius 2 is 2.00 bits per heavy atom. The van der Waals surface area contributed by atoms with Crippen LogP contribution in [0, 0.1) is 11.8 Å². The Bertz CT molecular complexity index is 406. The predicted molar refractivity (Wildman–Crippen MR) is 72.0 cm³/mol. The van der Waals surface area contributed by atoms with E-state index >= 15 is 0 Å². The Kier molecular flexibility index (Phi) is 2.96. The van der Waals surface area contributed by atoms with Gasteiger partial charge in [0.05, 0.1) is 0 Å². The smallest absolute Gasteiger partial charge is 0.0108 e. The molecule has 1 saturated carbocycles. The van der Waals surface area contributed by atoms with E-state index in [1.54, 1.807) is 11.1 Å². The van der Waals surface area contributed by atoms with E-state index in [4.69, 9.17) is 5.73 Å². The molecule has 1 nitrogen and oxygen atoms in total. The van der Waals surface area contributed by atoms with E-state index in [1.807, 2.05) is 0 Å². The van der Waals surface area contributed by atoms with Crippen molar-refractivity contribution in [3.05, 3.63) is 34.9 Å². The van der Waals surface area contributed by atoms with Crippen LogP contribution in [0.3, 0.4) is 0 Å². The van der Waals surface area contributed by atoms with Crippen LogP contribution in [0.5, 0.6) is 0 Å². The summed E-state index contributed by atoms with van der Waals surface area (Å²) >= 11 is 0. The van der Waals surface area contributed by atoms with Crippen LogP contribution < -0.4 is 5.73 Å². The van der Waals surface area contributed by atoms with Gasteiger partial charge in [0.25, 0.3) is 0 Å².